The monoisotopic (exact) mass is 372 g/mol. The third-order valence-electron chi connectivity index (χ3n) is 3.68. The molecule has 0 unspecified atom stereocenters. The van der Waals surface area contributed by atoms with Gasteiger partial charge in [0.2, 0.25) is 0 Å². The smallest absolute Gasteiger partial charge is 0.265 e. The summed E-state index contributed by atoms with van der Waals surface area (Å²) in [4.78, 5) is 15.4. The summed E-state index contributed by atoms with van der Waals surface area (Å²) >= 11 is 0. The number of hydrogen-bond acceptors (Lipinski definition) is 5. The van der Waals surface area contributed by atoms with Gasteiger partial charge in [-0.05, 0) is 24.3 Å². The molecule has 0 aliphatic carbocycles. The zero-order valence-electron chi connectivity index (χ0n) is 13.8. The highest BCUT2D eigenvalue weighted by Gasteiger charge is 2.22. The Morgan fingerprint density at radius 1 is 1.23 bits per heavy atom. The molecule has 2 aromatic carbocycles. The number of imidazole rings is 1. The topological polar surface area (TPSA) is 116 Å². The summed E-state index contributed by atoms with van der Waals surface area (Å²) in [6.07, 6.45) is 4.92. The molecule has 134 valence electrons. The van der Waals surface area contributed by atoms with Crippen molar-refractivity contribution < 1.29 is 17.9 Å². The average Bonchev–Trinajstić information content (AvgIpc) is 3.15. The first-order chi connectivity index (χ1) is 12.4. The van der Waals surface area contributed by atoms with Crippen LogP contribution in [0.5, 0.6) is 5.75 Å². The van der Waals surface area contributed by atoms with Crippen LogP contribution in [0.25, 0.3) is 5.69 Å². The number of para-hydroxylation sites is 1. The Balaban J connectivity index is 2.01. The van der Waals surface area contributed by atoms with Crippen LogP contribution < -0.4 is 15.2 Å². The third-order valence-corrected chi connectivity index (χ3v) is 5.08. The van der Waals surface area contributed by atoms with Crippen molar-refractivity contribution in [3.05, 3.63) is 66.7 Å². The van der Waals surface area contributed by atoms with Crippen molar-refractivity contribution in [1.29, 1.82) is 0 Å². The number of nitrogens with one attached hydrogen (secondary N) is 1. The minimum absolute atomic E-state index is 0.0665. The SMILES string of the molecule is COc1cc(-n2ccnc2)ccc1S(=O)(=O)Nc1ccccc1C(N)=O. The molecule has 0 saturated heterocycles. The number of primary amides is 1. The standard InChI is InChI=1S/C17H16N4O4S/c1-25-15-10-12(21-9-8-19-11-21)6-7-16(15)26(23,24)20-14-5-3-2-4-13(14)17(18)22/h2-11,20H,1H3,(H2,18,22). The first-order valence-electron chi connectivity index (χ1n) is 7.50. The van der Waals surface area contributed by atoms with Crippen LogP contribution in [0.2, 0.25) is 0 Å². The van der Waals surface area contributed by atoms with Gasteiger partial charge in [0.1, 0.15) is 10.6 Å². The van der Waals surface area contributed by atoms with E-state index in [-0.39, 0.29) is 21.9 Å². The van der Waals surface area contributed by atoms with Crippen molar-refractivity contribution in [3.8, 4) is 11.4 Å². The molecular weight excluding hydrogens is 356 g/mol. The molecule has 1 heterocycles. The molecule has 26 heavy (non-hydrogen) atoms. The number of amides is 1. The third kappa shape index (κ3) is 3.38. The second-order valence-electron chi connectivity index (χ2n) is 5.32. The van der Waals surface area contributed by atoms with Gasteiger partial charge in [-0.25, -0.2) is 13.4 Å². The first kappa shape index (κ1) is 17.5. The van der Waals surface area contributed by atoms with Gasteiger partial charge in [-0.15, -0.1) is 0 Å². The number of ether oxygens (including phenoxy) is 1. The van der Waals surface area contributed by atoms with Crippen LogP contribution in [0.3, 0.4) is 0 Å². The van der Waals surface area contributed by atoms with Gasteiger partial charge < -0.3 is 15.0 Å². The van der Waals surface area contributed by atoms with Crippen LogP contribution in [-0.4, -0.2) is 31.0 Å². The van der Waals surface area contributed by atoms with E-state index in [4.69, 9.17) is 10.5 Å². The summed E-state index contributed by atoms with van der Waals surface area (Å²) in [5, 5.41) is 0. The highest BCUT2D eigenvalue weighted by Crippen LogP contribution is 2.29. The molecule has 0 fully saturated rings. The quantitative estimate of drug-likeness (QED) is 0.684. The molecule has 0 atom stereocenters. The van der Waals surface area contributed by atoms with E-state index in [1.54, 1.807) is 47.6 Å². The summed E-state index contributed by atoms with van der Waals surface area (Å²) < 4.78 is 34.9. The molecule has 0 aliphatic heterocycles. The normalized spacial score (nSPS) is 11.1. The summed E-state index contributed by atoms with van der Waals surface area (Å²) in [7, 11) is -2.63. The number of carbonyl (C=O) groups is 1. The number of sulfonamides is 1. The Hall–Kier alpha value is -3.33. The average molecular weight is 372 g/mol. The molecule has 0 radical (unpaired) electrons. The fourth-order valence-electron chi connectivity index (χ4n) is 2.44. The number of rotatable bonds is 6. The number of nitrogens with zero attached hydrogens (tertiary/aromatic N) is 2. The largest absolute Gasteiger partial charge is 0.495 e. The van der Waals surface area contributed by atoms with Crippen molar-refractivity contribution >= 4 is 21.6 Å². The Kier molecular flexibility index (Phi) is 4.63. The molecule has 1 amide bonds. The molecule has 3 aromatic rings. The van der Waals surface area contributed by atoms with Crippen LogP contribution in [0.1, 0.15) is 10.4 Å². The van der Waals surface area contributed by atoms with Crippen LogP contribution in [0.15, 0.2) is 66.1 Å². The van der Waals surface area contributed by atoms with Gasteiger partial charge in [0.05, 0.1) is 30.4 Å². The van der Waals surface area contributed by atoms with Crippen molar-refractivity contribution in [2.75, 3.05) is 11.8 Å². The van der Waals surface area contributed by atoms with Crippen molar-refractivity contribution in [2.45, 2.75) is 4.90 Å². The van der Waals surface area contributed by atoms with E-state index in [0.717, 1.165) is 0 Å². The van der Waals surface area contributed by atoms with E-state index < -0.39 is 15.9 Å². The lowest BCUT2D eigenvalue weighted by atomic mass is 10.2. The second-order valence-corrected chi connectivity index (χ2v) is 6.97. The Labute approximate surface area is 150 Å². The number of benzene rings is 2. The van der Waals surface area contributed by atoms with E-state index in [2.05, 4.69) is 9.71 Å². The van der Waals surface area contributed by atoms with Gasteiger partial charge in [0.25, 0.3) is 15.9 Å². The summed E-state index contributed by atoms with van der Waals surface area (Å²) in [6, 6.07) is 10.7. The molecule has 0 bridgehead atoms. The van der Waals surface area contributed by atoms with Gasteiger partial charge in [0, 0.05) is 18.5 Å². The number of carbonyl (C=O) groups excluding carboxylic acids is 1. The van der Waals surface area contributed by atoms with Gasteiger partial charge in [-0.2, -0.15) is 0 Å². The lowest BCUT2D eigenvalue weighted by molar-refractivity contribution is 0.100. The lowest BCUT2D eigenvalue weighted by Gasteiger charge is -2.14. The summed E-state index contributed by atoms with van der Waals surface area (Å²) in [5.74, 6) is -0.578. The van der Waals surface area contributed by atoms with Gasteiger partial charge >= 0.3 is 0 Å². The molecule has 0 spiro atoms. The van der Waals surface area contributed by atoms with Crippen LogP contribution in [-0.2, 0) is 10.0 Å². The Morgan fingerprint density at radius 2 is 2.00 bits per heavy atom. The lowest BCUT2D eigenvalue weighted by Crippen LogP contribution is -2.19. The zero-order valence-corrected chi connectivity index (χ0v) is 14.6. The van der Waals surface area contributed by atoms with Crippen LogP contribution in [0, 0.1) is 0 Å². The number of aromatic nitrogens is 2. The van der Waals surface area contributed by atoms with Gasteiger partial charge in [0.15, 0.2) is 0 Å². The molecule has 1 aromatic heterocycles. The van der Waals surface area contributed by atoms with E-state index in [9.17, 15) is 13.2 Å². The van der Waals surface area contributed by atoms with E-state index in [0.29, 0.717) is 5.69 Å². The molecular formula is C17H16N4O4S. The first-order valence-corrected chi connectivity index (χ1v) is 8.99. The number of methoxy groups -OCH3 is 1. The fraction of sp³-hybridized carbons (Fsp3) is 0.0588. The van der Waals surface area contributed by atoms with E-state index >= 15 is 0 Å². The molecule has 3 rings (SSSR count). The maximum absolute atomic E-state index is 12.8. The number of hydrogen-bond donors (Lipinski definition) is 2. The second kappa shape index (κ2) is 6.89. The highest BCUT2D eigenvalue weighted by molar-refractivity contribution is 7.92. The highest BCUT2D eigenvalue weighted by atomic mass is 32.2. The Bertz CT molecular complexity index is 1050. The Morgan fingerprint density at radius 3 is 2.65 bits per heavy atom. The molecule has 9 heteroatoms. The summed E-state index contributed by atoms with van der Waals surface area (Å²) in [5.41, 5.74) is 6.16. The van der Waals surface area contributed by atoms with Gasteiger partial charge in [-0.3, -0.25) is 9.52 Å². The number of nitrogens with two attached hydrogens (primary N) is 1. The number of anilines is 1. The maximum Gasteiger partial charge on any atom is 0.265 e. The summed E-state index contributed by atoms with van der Waals surface area (Å²) in [6.45, 7) is 0. The minimum atomic E-state index is -4.01. The van der Waals surface area contributed by atoms with Crippen LogP contribution >= 0.6 is 0 Å². The van der Waals surface area contributed by atoms with Gasteiger partial charge in [-0.1, -0.05) is 12.1 Å². The molecule has 8 nitrogen and oxygen atoms in total. The predicted octanol–water partition coefficient (Wildman–Crippen LogP) is 1.78. The molecule has 0 saturated carbocycles. The fourth-order valence-corrected chi connectivity index (χ4v) is 3.67. The molecule has 0 aliphatic rings. The maximum atomic E-state index is 12.8. The van der Waals surface area contributed by atoms with Crippen LogP contribution in [0.4, 0.5) is 5.69 Å². The predicted molar refractivity (Wildman–Crippen MR) is 95.9 cm³/mol. The zero-order chi connectivity index (χ0) is 18.7. The molecule has 3 N–H and O–H groups in total. The minimum Gasteiger partial charge on any atom is -0.495 e. The van der Waals surface area contributed by atoms with Crippen molar-refractivity contribution in [2.24, 2.45) is 5.73 Å². The van der Waals surface area contributed by atoms with E-state index in [1.807, 2.05) is 0 Å². The van der Waals surface area contributed by atoms with Crippen molar-refractivity contribution in [3.63, 3.8) is 0 Å². The van der Waals surface area contributed by atoms with Crippen molar-refractivity contribution in [1.82, 2.24) is 9.55 Å². The van der Waals surface area contributed by atoms with E-state index in [1.165, 1.54) is 25.3 Å².